The third kappa shape index (κ3) is 4.37. The summed E-state index contributed by atoms with van der Waals surface area (Å²) in [7, 11) is -3.21. The van der Waals surface area contributed by atoms with E-state index in [1.807, 2.05) is 6.92 Å². The molecular weight excluding hydrogens is 294 g/mol. The molecule has 0 heterocycles. The lowest BCUT2D eigenvalue weighted by Crippen LogP contribution is -2.34. The monoisotopic (exact) mass is 325 g/mol. The highest BCUT2D eigenvalue weighted by atomic mass is 32.2. The van der Waals surface area contributed by atoms with E-state index in [9.17, 15) is 8.42 Å². The molecule has 2 unspecified atom stereocenters. The molecule has 0 saturated heterocycles. The van der Waals surface area contributed by atoms with Crippen molar-refractivity contribution in [2.45, 2.75) is 76.9 Å². The SMILES string of the molecule is CC/C=C(/NS(=O)(=O)C1(C)CC1)C1CC1/C=C\CCCCC. The number of hydrogen-bond acceptors (Lipinski definition) is 2. The van der Waals surface area contributed by atoms with Gasteiger partial charge in [0.2, 0.25) is 10.0 Å². The molecule has 4 heteroatoms. The van der Waals surface area contributed by atoms with Crippen molar-refractivity contribution in [1.29, 1.82) is 0 Å². The van der Waals surface area contributed by atoms with E-state index >= 15 is 0 Å². The summed E-state index contributed by atoms with van der Waals surface area (Å²) in [6.45, 7) is 6.12. The minimum absolute atomic E-state index is 0.375. The average Bonchev–Trinajstić information content (AvgIpc) is 3.35. The number of hydrogen-bond donors (Lipinski definition) is 1. The molecule has 0 spiro atoms. The second-order valence-corrected chi connectivity index (χ2v) is 9.25. The fraction of sp³-hybridized carbons (Fsp3) is 0.778. The van der Waals surface area contributed by atoms with Gasteiger partial charge in [0.25, 0.3) is 0 Å². The first kappa shape index (κ1) is 17.6. The Kier molecular flexibility index (Phi) is 5.76. The molecule has 2 fully saturated rings. The maximum atomic E-state index is 12.4. The average molecular weight is 326 g/mol. The third-order valence-electron chi connectivity index (χ3n) is 4.88. The van der Waals surface area contributed by atoms with E-state index in [1.54, 1.807) is 0 Å². The summed E-state index contributed by atoms with van der Waals surface area (Å²) in [6, 6.07) is 0. The highest BCUT2D eigenvalue weighted by molar-refractivity contribution is 7.91. The van der Waals surface area contributed by atoms with Crippen LogP contribution in [0.5, 0.6) is 0 Å². The fourth-order valence-electron chi connectivity index (χ4n) is 2.78. The molecule has 0 aromatic rings. The van der Waals surface area contributed by atoms with E-state index in [2.05, 4.69) is 36.8 Å². The number of unbranched alkanes of at least 4 members (excludes halogenated alkanes) is 3. The molecule has 22 heavy (non-hydrogen) atoms. The molecule has 0 bridgehead atoms. The highest BCUT2D eigenvalue weighted by Crippen LogP contribution is 2.47. The second-order valence-electron chi connectivity index (χ2n) is 7.05. The van der Waals surface area contributed by atoms with Crippen LogP contribution in [0.3, 0.4) is 0 Å². The van der Waals surface area contributed by atoms with Crippen LogP contribution in [-0.4, -0.2) is 13.2 Å². The summed E-state index contributed by atoms with van der Waals surface area (Å²) < 4.78 is 27.2. The van der Waals surface area contributed by atoms with Crippen molar-refractivity contribution in [2.75, 3.05) is 0 Å². The summed E-state index contributed by atoms with van der Waals surface area (Å²) in [6.07, 6.45) is 15.1. The number of allylic oxidation sites excluding steroid dienone is 4. The van der Waals surface area contributed by atoms with Gasteiger partial charge >= 0.3 is 0 Å². The van der Waals surface area contributed by atoms with Gasteiger partial charge in [0, 0.05) is 11.6 Å². The number of nitrogens with one attached hydrogen (secondary N) is 1. The zero-order valence-corrected chi connectivity index (χ0v) is 15.1. The summed E-state index contributed by atoms with van der Waals surface area (Å²) in [5, 5.41) is 0. The maximum absolute atomic E-state index is 12.4. The molecule has 2 saturated carbocycles. The van der Waals surface area contributed by atoms with Crippen LogP contribution in [0.15, 0.2) is 23.9 Å². The van der Waals surface area contributed by atoms with Crippen LogP contribution < -0.4 is 4.72 Å². The summed E-state index contributed by atoms with van der Waals surface area (Å²) in [4.78, 5) is 0. The predicted molar refractivity (Wildman–Crippen MR) is 92.9 cm³/mol. The fourth-order valence-corrected chi connectivity index (χ4v) is 4.21. The van der Waals surface area contributed by atoms with E-state index in [0.29, 0.717) is 11.8 Å². The van der Waals surface area contributed by atoms with E-state index < -0.39 is 14.8 Å². The van der Waals surface area contributed by atoms with Crippen LogP contribution in [0.25, 0.3) is 0 Å². The molecule has 2 atom stereocenters. The minimum Gasteiger partial charge on any atom is -0.287 e. The van der Waals surface area contributed by atoms with Crippen molar-refractivity contribution < 1.29 is 8.42 Å². The van der Waals surface area contributed by atoms with Crippen LogP contribution >= 0.6 is 0 Å². The van der Waals surface area contributed by atoms with E-state index in [4.69, 9.17) is 0 Å². The normalized spacial score (nSPS) is 27.1. The Labute approximate surface area is 136 Å². The van der Waals surface area contributed by atoms with Crippen molar-refractivity contribution in [2.24, 2.45) is 11.8 Å². The van der Waals surface area contributed by atoms with Gasteiger partial charge in [-0.3, -0.25) is 4.72 Å². The smallest absolute Gasteiger partial charge is 0.237 e. The Morgan fingerprint density at radius 3 is 2.59 bits per heavy atom. The Morgan fingerprint density at radius 1 is 1.27 bits per heavy atom. The van der Waals surface area contributed by atoms with E-state index in [1.165, 1.54) is 19.3 Å². The molecule has 0 amide bonds. The lowest BCUT2D eigenvalue weighted by molar-refractivity contribution is 0.571. The highest BCUT2D eigenvalue weighted by Gasteiger charge is 2.51. The molecule has 2 aliphatic carbocycles. The van der Waals surface area contributed by atoms with Crippen molar-refractivity contribution in [3.8, 4) is 0 Å². The predicted octanol–water partition coefficient (Wildman–Crippen LogP) is 4.52. The molecule has 126 valence electrons. The van der Waals surface area contributed by atoms with Gasteiger partial charge in [0.1, 0.15) is 0 Å². The van der Waals surface area contributed by atoms with Crippen molar-refractivity contribution >= 4 is 10.0 Å². The van der Waals surface area contributed by atoms with Gasteiger partial charge in [0.05, 0.1) is 4.75 Å². The van der Waals surface area contributed by atoms with Gasteiger partial charge in [0.15, 0.2) is 0 Å². The van der Waals surface area contributed by atoms with Crippen molar-refractivity contribution in [3.05, 3.63) is 23.9 Å². The lowest BCUT2D eigenvalue weighted by atomic mass is 10.1. The molecule has 0 aliphatic heterocycles. The van der Waals surface area contributed by atoms with Crippen LogP contribution in [-0.2, 0) is 10.0 Å². The molecule has 1 N–H and O–H groups in total. The first-order valence-corrected chi connectivity index (χ1v) is 10.3. The largest absolute Gasteiger partial charge is 0.287 e. The van der Waals surface area contributed by atoms with Gasteiger partial charge < -0.3 is 0 Å². The molecule has 3 nitrogen and oxygen atoms in total. The van der Waals surface area contributed by atoms with Gasteiger partial charge in [-0.25, -0.2) is 8.42 Å². The van der Waals surface area contributed by atoms with Gasteiger partial charge in [-0.2, -0.15) is 0 Å². The number of rotatable bonds is 10. The minimum atomic E-state index is -3.21. The standard InChI is InChI=1S/C18H31NO2S/c1-4-6-7-8-9-11-15-14-16(15)17(10-5-2)19-22(20,21)18(3)12-13-18/h9-11,15-16,19H,4-8,12-14H2,1-3H3/b11-9-,17-10+. The quantitative estimate of drug-likeness (QED) is 0.474. The zero-order valence-electron chi connectivity index (χ0n) is 14.3. The summed E-state index contributed by atoms with van der Waals surface area (Å²) >= 11 is 0. The van der Waals surface area contributed by atoms with E-state index in [0.717, 1.165) is 37.8 Å². The van der Waals surface area contributed by atoms with E-state index in [-0.39, 0.29) is 0 Å². The Bertz CT molecular complexity index is 529. The molecular formula is C18H31NO2S. The molecule has 0 radical (unpaired) electrons. The van der Waals surface area contributed by atoms with Crippen LogP contribution in [0.1, 0.15) is 72.1 Å². The molecule has 0 aromatic heterocycles. The van der Waals surface area contributed by atoms with Crippen LogP contribution in [0, 0.1) is 11.8 Å². The van der Waals surface area contributed by atoms with Crippen molar-refractivity contribution in [3.63, 3.8) is 0 Å². The van der Waals surface area contributed by atoms with Crippen LogP contribution in [0.4, 0.5) is 0 Å². The third-order valence-corrected chi connectivity index (χ3v) is 7.09. The van der Waals surface area contributed by atoms with Gasteiger partial charge in [-0.15, -0.1) is 0 Å². The lowest BCUT2D eigenvalue weighted by Gasteiger charge is -2.16. The summed E-state index contributed by atoms with van der Waals surface area (Å²) in [5.74, 6) is 0.897. The summed E-state index contributed by atoms with van der Waals surface area (Å²) in [5.41, 5.74) is 0.929. The zero-order chi connectivity index (χ0) is 16.2. The second kappa shape index (κ2) is 7.20. The molecule has 0 aromatic carbocycles. The van der Waals surface area contributed by atoms with Crippen molar-refractivity contribution in [1.82, 2.24) is 4.72 Å². The Hall–Kier alpha value is -0.770. The van der Waals surface area contributed by atoms with Gasteiger partial charge in [-0.05, 0) is 51.4 Å². The maximum Gasteiger partial charge on any atom is 0.237 e. The number of sulfonamides is 1. The van der Waals surface area contributed by atoms with Crippen LogP contribution in [0.2, 0.25) is 0 Å². The van der Waals surface area contributed by atoms with Gasteiger partial charge in [-0.1, -0.05) is 44.9 Å². The first-order chi connectivity index (χ1) is 10.4. The topological polar surface area (TPSA) is 46.2 Å². The Balaban J connectivity index is 1.87. The first-order valence-electron chi connectivity index (χ1n) is 8.82. The Morgan fingerprint density at radius 2 is 2.00 bits per heavy atom. The molecule has 2 rings (SSSR count). The molecule has 2 aliphatic rings.